The standard InChI is InChI=1S/C27H27NO3/c1-18(2)20-12-14-21(15-13-20)25(29)16-27(31)23-10-6-7-11-24(23)28(26(27)30)17-22-9-5-4-8-19(22)3/h4-15,18,31H,16-17H2,1-3H3/t27-/m1/s1. The van der Waals surface area contributed by atoms with E-state index in [9.17, 15) is 14.7 Å². The molecule has 1 aliphatic heterocycles. The molecule has 3 aromatic rings. The van der Waals surface area contributed by atoms with Gasteiger partial charge in [0.15, 0.2) is 11.4 Å². The second-order valence-electron chi connectivity index (χ2n) is 8.57. The Hall–Kier alpha value is -3.24. The monoisotopic (exact) mass is 413 g/mol. The number of para-hydroxylation sites is 1. The molecule has 4 rings (SSSR count). The summed E-state index contributed by atoms with van der Waals surface area (Å²) in [7, 11) is 0. The van der Waals surface area contributed by atoms with Crippen molar-refractivity contribution in [2.45, 2.75) is 45.3 Å². The molecule has 4 nitrogen and oxygen atoms in total. The number of benzene rings is 3. The van der Waals surface area contributed by atoms with E-state index in [4.69, 9.17) is 0 Å². The summed E-state index contributed by atoms with van der Waals surface area (Å²) in [5.74, 6) is -0.338. The van der Waals surface area contributed by atoms with Crippen molar-refractivity contribution in [3.05, 3.63) is 101 Å². The van der Waals surface area contributed by atoms with E-state index in [0.717, 1.165) is 16.7 Å². The van der Waals surface area contributed by atoms with E-state index in [1.165, 1.54) is 0 Å². The van der Waals surface area contributed by atoms with Crippen molar-refractivity contribution in [2.24, 2.45) is 0 Å². The number of carbonyl (C=O) groups excluding carboxylic acids is 2. The van der Waals surface area contributed by atoms with Crippen molar-refractivity contribution in [3.8, 4) is 0 Å². The van der Waals surface area contributed by atoms with Gasteiger partial charge in [-0.05, 0) is 35.6 Å². The smallest absolute Gasteiger partial charge is 0.264 e. The SMILES string of the molecule is Cc1ccccc1CN1C(=O)[C@@](O)(CC(=O)c2ccc(C(C)C)cc2)c2ccccc21. The zero-order valence-electron chi connectivity index (χ0n) is 18.1. The maximum atomic E-state index is 13.4. The van der Waals surface area contributed by atoms with Crippen LogP contribution in [0.4, 0.5) is 5.69 Å². The molecule has 0 bridgehead atoms. The number of aliphatic hydroxyl groups is 1. The molecule has 31 heavy (non-hydrogen) atoms. The van der Waals surface area contributed by atoms with Crippen LogP contribution in [-0.4, -0.2) is 16.8 Å². The van der Waals surface area contributed by atoms with Crippen molar-refractivity contribution in [3.63, 3.8) is 0 Å². The van der Waals surface area contributed by atoms with E-state index in [1.54, 1.807) is 29.2 Å². The summed E-state index contributed by atoms with van der Waals surface area (Å²) in [4.78, 5) is 28.1. The molecule has 0 spiro atoms. The third kappa shape index (κ3) is 3.79. The Morgan fingerprint density at radius 1 is 0.968 bits per heavy atom. The molecule has 158 valence electrons. The van der Waals surface area contributed by atoms with Crippen LogP contribution in [0.3, 0.4) is 0 Å². The van der Waals surface area contributed by atoms with E-state index in [2.05, 4.69) is 13.8 Å². The zero-order chi connectivity index (χ0) is 22.2. The Kier molecular flexibility index (Phi) is 5.50. The number of hydrogen-bond acceptors (Lipinski definition) is 3. The normalized spacial score (nSPS) is 17.8. The van der Waals surface area contributed by atoms with Gasteiger partial charge in [-0.1, -0.05) is 80.6 Å². The van der Waals surface area contributed by atoms with Gasteiger partial charge in [0.2, 0.25) is 0 Å². The van der Waals surface area contributed by atoms with Gasteiger partial charge in [-0.25, -0.2) is 0 Å². The number of Topliss-reactive ketones (excluding diaryl/α,β-unsaturated/α-hetero) is 1. The predicted molar refractivity (Wildman–Crippen MR) is 122 cm³/mol. The Balaban J connectivity index is 1.65. The molecular weight excluding hydrogens is 386 g/mol. The molecular formula is C27H27NO3. The molecule has 0 fully saturated rings. The number of rotatable bonds is 6. The van der Waals surface area contributed by atoms with Crippen molar-refractivity contribution in [1.82, 2.24) is 0 Å². The van der Waals surface area contributed by atoms with Gasteiger partial charge in [-0.15, -0.1) is 0 Å². The molecule has 0 unspecified atom stereocenters. The molecule has 1 atom stereocenters. The number of fused-ring (bicyclic) bond motifs is 1. The van der Waals surface area contributed by atoms with Crippen molar-refractivity contribution in [2.75, 3.05) is 4.90 Å². The minimum atomic E-state index is -1.87. The van der Waals surface area contributed by atoms with E-state index in [-0.39, 0.29) is 12.2 Å². The number of hydrogen-bond donors (Lipinski definition) is 1. The predicted octanol–water partition coefficient (Wildman–Crippen LogP) is 5.13. The Labute approximate surface area is 183 Å². The summed E-state index contributed by atoms with van der Waals surface area (Å²) in [5.41, 5.74) is 2.99. The van der Waals surface area contributed by atoms with Gasteiger partial charge >= 0.3 is 0 Å². The van der Waals surface area contributed by atoms with Crippen LogP contribution >= 0.6 is 0 Å². The molecule has 1 heterocycles. The molecule has 1 amide bonds. The van der Waals surface area contributed by atoms with Crippen LogP contribution in [0.25, 0.3) is 0 Å². The van der Waals surface area contributed by atoms with Gasteiger partial charge in [-0.3, -0.25) is 9.59 Å². The molecule has 0 radical (unpaired) electrons. The molecule has 1 N–H and O–H groups in total. The lowest BCUT2D eigenvalue weighted by molar-refractivity contribution is -0.136. The largest absolute Gasteiger partial charge is 0.375 e. The first-order valence-electron chi connectivity index (χ1n) is 10.6. The van der Waals surface area contributed by atoms with Crippen LogP contribution in [-0.2, 0) is 16.9 Å². The average molecular weight is 414 g/mol. The van der Waals surface area contributed by atoms with Gasteiger partial charge in [0.1, 0.15) is 0 Å². The molecule has 0 aromatic heterocycles. The molecule has 1 aliphatic rings. The Morgan fingerprint density at radius 2 is 1.61 bits per heavy atom. The lowest BCUT2D eigenvalue weighted by Crippen LogP contribution is -2.41. The van der Waals surface area contributed by atoms with Crippen LogP contribution in [0.1, 0.15) is 58.8 Å². The molecule has 0 saturated carbocycles. The first-order valence-corrected chi connectivity index (χ1v) is 10.6. The summed E-state index contributed by atoms with van der Waals surface area (Å²) < 4.78 is 0. The topological polar surface area (TPSA) is 57.6 Å². The van der Waals surface area contributed by atoms with Gasteiger partial charge in [0.05, 0.1) is 18.7 Å². The number of carbonyl (C=O) groups is 2. The maximum Gasteiger partial charge on any atom is 0.264 e. The highest BCUT2D eigenvalue weighted by atomic mass is 16.3. The lowest BCUT2D eigenvalue weighted by atomic mass is 9.87. The Bertz CT molecular complexity index is 1130. The van der Waals surface area contributed by atoms with E-state index in [1.807, 2.05) is 55.5 Å². The second kappa shape index (κ2) is 8.12. The highest BCUT2D eigenvalue weighted by Gasteiger charge is 2.50. The van der Waals surface area contributed by atoms with E-state index >= 15 is 0 Å². The minimum absolute atomic E-state index is 0.251. The van der Waals surface area contributed by atoms with Crippen LogP contribution in [0.2, 0.25) is 0 Å². The van der Waals surface area contributed by atoms with Gasteiger partial charge in [-0.2, -0.15) is 0 Å². The minimum Gasteiger partial charge on any atom is -0.375 e. The fraction of sp³-hybridized carbons (Fsp3) is 0.259. The number of amides is 1. The third-order valence-corrected chi connectivity index (χ3v) is 6.14. The maximum absolute atomic E-state index is 13.4. The van der Waals surface area contributed by atoms with Crippen molar-refractivity contribution >= 4 is 17.4 Å². The quantitative estimate of drug-likeness (QED) is 0.570. The summed E-state index contributed by atoms with van der Waals surface area (Å²) in [6.45, 7) is 6.54. The summed E-state index contributed by atoms with van der Waals surface area (Å²) in [6.07, 6.45) is -0.284. The summed E-state index contributed by atoms with van der Waals surface area (Å²) in [5, 5.41) is 11.5. The second-order valence-corrected chi connectivity index (χ2v) is 8.57. The highest BCUT2D eigenvalue weighted by Crippen LogP contribution is 2.43. The van der Waals surface area contributed by atoms with Gasteiger partial charge in [0.25, 0.3) is 5.91 Å². The number of anilines is 1. The van der Waals surface area contributed by atoms with Crippen molar-refractivity contribution < 1.29 is 14.7 Å². The zero-order valence-corrected chi connectivity index (χ0v) is 18.1. The molecule has 0 aliphatic carbocycles. The van der Waals surface area contributed by atoms with Gasteiger partial charge < -0.3 is 10.0 Å². The lowest BCUT2D eigenvalue weighted by Gasteiger charge is -2.23. The van der Waals surface area contributed by atoms with Crippen molar-refractivity contribution in [1.29, 1.82) is 0 Å². The average Bonchev–Trinajstić information content (AvgIpc) is 2.97. The van der Waals surface area contributed by atoms with E-state index < -0.39 is 11.5 Å². The molecule has 3 aromatic carbocycles. The number of ketones is 1. The fourth-order valence-electron chi connectivity index (χ4n) is 4.18. The van der Waals surface area contributed by atoms with Crippen LogP contribution in [0.5, 0.6) is 0 Å². The van der Waals surface area contributed by atoms with Crippen LogP contribution in [0, 0.1) is 6.92 Å². The number of aryl methyl sites for hydroxylation is 1. The number of nitrogens with zero attached hydrogens (tertiary/aromatic N) is 1. The molecule has 0 saturated heterocycles. The van der Waals surface area contributed by atoms with E-state index in [0.29, 0.717) is 29.3 Å². The highest BCUT2D eigenvalue weighted by molar-refractivity contribution is 6.10. The van der Waals surface area contributed by atoms with Crippen LogP contribution < -0.4 is 4.90 Å². The first-order chi connectivity index (χ1) is 14.8. The fourth-order valence-corrected chi connectivity index (χ4v) is 4.18. The first kappa shape index (κ1) is 21.0. The third-order valence-electron chi connectivity index (χ3n) is 6.14. The van der Waals surface area contributed by atoms with Gasteiger partial charge in [0, 0.05) is 11.1 Å². The summed E-state index contributed by atoms with van der Waals surface area (Å²) >= 11 is 0. The summed E-state index contributed by atoms with van der Waals surface area (Å²) in [6, 6.07) is 22.5. The molecule has 4 heteroatoms. The Morgan fingerprint density at radius 3 is 2.29 bits per heavy atom. The van der Waals surface area contributed by atoms with Crippen LogP contribution in [0.15, 0.2) is 72.8 Å².